The maximum Gasteiger partial charge on any atom is 0.326 e. The molecule has 0 radical (unpaired) electrons. The number of carboxylic acid groups (broad SMARTS) is 1. The molecule has 0 saturated carbocycles. The zero-order valence-electron chi connectivity index (χ0n) is 23.5. The number of amides is 4. The molecule has 2 unspecified atom stereocenters. The van der Waals surface area contributed by atoms with Gasteiger partial charge in [-0.05, 0) is 55.0 Å². The van der Waals surface area contributed by atoms with E-state index in [0.717, 1.165) is 11.1 Å². The van der Waals surface area contributed by atoms with E-state index in [1.807, 2.05) is 12.3 Å². The highest BCUT2D eigenvalue weighted by molar-refractivity contribution is 7.98. The first-order valence-corrected chi connectivity index (χ1v) is 14.9. The molecular formula is C29H37N5O7S. The van der Waals surface area contributed by atoms with Crippen LogP contribution in [0.3, 0.4) is 0 Å². The standard InChI is InChI=1S/C29H37N5O7S/c1-18-31-24(15-20-8-10-21(35)11-9-20)28(39)34(18)17-26(37)30-16-25(36)32-23(14-19-6-4-3-5-7-19)27(38)33-22(29(40)41)12-13-42-2/h3-11,18,22-24,31,35H,12-17H2,1-2H3,(H,30,37)(H,32,36)(H,33,38)(H,40,41)/t18?,22-,23-,24?/m0/s1. The summed E-state index contributed by atoms with van der Waals surface area (Å²) in [5, 5.41) is 29.7. The minimum atomic E-state index is -1.17. The number of thioether (sulfide) groups is 1. The highest BCUT2D eigenvalue weighted by Gasteiger charge is 2.37. The predicted molar refractivity (Wildman–Crippen MR) is 158 cm³/mol. The van der Waals surface area contributed by atoms with E-state index in [-0.39, 0.29) is 31.0 Å². The van der Waals surface area contributed by atoms with E-state index in [4.69, 9.17) is 0 Å². The van der Waals surface area contributed by atoms with Crippen LogP contribution in [0.25, 0.3) is 0 Å². The van der Waals surface area contributed by atoms with Gasteiger partial charge in [0.15, 0.2) is 0 Å². The predicted octanol–water partition coefficient (Wildman–Crippen LogP) is 0.247. The van der Waals surface area contributed by atoms with Crippen LogP contribution in [0.1, 0.15) is 24.5 Å². The Hall–Kier alpha value is -4.10. The van der Waals surface area contributed by atoms with E-state index in [9.17, 15) is 34.2 Å². The Balaban J connectivity index is 1.55. The van der Waals surface area contributed by atoms with Crippen LogP contribution in [0.2, 0.25) is 0 Å². The number of aromatic hydroxyl groups is 1. The molecule has 12 nitrogen and oxygen atoms in total. The third kappa shape index (κ3) is 9.77. The molecule has 1 fully saturated rings. The van der Waals surface area contributed by atoms with E-state index in [1.165, 1.54) is 16.7 Å². The average molecular weight is 600 g/mol. The third-order valence-electron chi connectivity index (χ3n) is 6.79. The largest absolute Gasteiger partial charge is 0.508 e. The number of rotatable bonds is 15. The van der Waals surface area contributed by atoms with Crippen LogP contribution in [0.4, 0.5) is 0 Å². The van der Waals surface area contributed by atoms with Gasteiger partial charge in [0.2, 0.25) is 23.6 Å². The molecule has 3 rings (SSSR count). The normalized spacial score (nSPS) is 17.8. The zero-order chi connectivity index (χ0) is 30.6. The monoisotopic (exact) mass is 599 g/mol. The number of aliphatic carboxylic acids is 1. The molecule has 4 amide bonds. The van der Waals surface area contributed by atoms with Crippen molar-refractivity contribution in [1.82, 2.24) is 26.2 Å². The second-order valence-corrected chi connectivity index (χ2v) is 11.0. The van der Waals surface area contributed by atoms with Crippen molar-refractivity contribution in [3.05, 3.63) is 65.7 Å². The van der Waals surface area contributed by atoms with Crippen LogP contribution in [-0.2, 0) is 36.8 Å². The molecule has 1 saturated heterocycles. The van der Waals surface area contributed by atoms with E-state index in [1.54, 1.807) is 55.5 Å². The molecule has 13 heteroatoms. The van der Waals surface area contributed by atoms with Crippen LogP contribution in [-0.4, -0.2) is 94.1 Å². The molecule has 0 aromatic heterocycles. The molecule has 2 aromatic carbocycles. The molecule has 1 heterocycles. The fourth-order valence-electron chi connectivity index (χ4n) is 4.53. The quantitative estimate of drug-likeness (QED) is 0.167. The summed E-state index contributed by atoms with van der Waals surface area (Å²) in [6, 6.07) is 12.8. The summed E-state index contributed by atoms with van der Waals surface area (Å²) in [4.78, 5) is 64.4. The molecule has 0 aliphatic carbocycles. The van der Waals surface area contributed by atoms with Crippen LogP contribution in [0.5, 0.6) is 5.75 Å². The Morgan fingerprint density at radius 1 is 0.976 bits per heavy atom. The van der Waals surface area contributed by atoms with E-state index in [0.29, 0.717) is 12.2 Å². The number of phenolic OH excluding ortho intramolecular Hbond substituents is 1. The van der Waals surface area contributed by atoms with Gasteiger partial charge in [0.25, 0.3) is 0 Å². The van der Waals surface area contributed by atoms with Crippen molar-refractivity contribution in [2.45, 2.75) is 50.5 Å². The molecule has 42 heavy (non-hydrogen) atoms. The van der Waals surface area contributed by atoms with Crippen molar-refractivity contribution in [2.75, 3.05) is 25.1 Å². The number of carbonyl (C=O) groups excluding carboxylic acids is 4. The summed E-state index contributed by atoms with van der Waals surface area (Å²) < 4.78 is 0. The van der Waals surface area contributed by atoms with E-state index in [2.05, 4.69) is 21.3 Å². The van der Waals surface area contributed by atoms with Gasteiger partial charge in [0, 0.05) is 6.42 Å². The molecule has 6 N–H and O–H groups in total. The Morgan fingerprint density at radius 2 is 1.67 bits per heavy atom. The number of hydrogen-bond acceptors (Lipinski definition) is 8. The molecule has 1 aliphatic rings. The molecule has 0 bridgehead atoms. The average Bonchev–Trinajstić information content (AvgIpc) is 3.22. The van der Waals surface area contributed by atoms with Crippen molar-refractivity contribution in [2.24, 2.45) is 0 Å². The molecule has 4 atom stereocenters. The van der Waals surface area contributed by atoms with Gasteiger partial charge in [-0.1, -0.05) is 42.5 Å². The van der Waals surface area contributed by atoms with Gasteiger partial charge >= 0.3 is 5.97 Å². The van der Waals surface area contributed by atoms with Gasteiger partial charge in [-0.15, -0.1) is 0 Å². The Bertz CT molecular complexity index is 1240. The zero-order valence-corrected chi connectivity index (χ0v) is 24.4. The summed E-state index contributed by atoms with van der Waals surface area (Å²) in [7, 11) is 0. The lowest BCUT2D eigenvalue weighted by atomic mass is 10.0. The lowest BCUT2D eigenvalue weighted by molar-refractivity contribution is -0.142. The molecule has 2 aromatic rings. The fraction of sp³-hybridized carbons (Fsp3) is 0.414. The van der Waals surface area contributed by atoms with Crippen molar-refractivity contribution >= 4 is 41.4 Å². The molecule has 226 valence electrons. The van der Waals surface area contributed by atoms with Gasteiger partial charge in [0.05, 0.1) is 18.8 Å². The van der Waals surface area contributed by atoms with Gasteiger partial charge in [0.1, 0.15) is 24.4 Å². The highest BCUT2D eigenvalue weighted by atomic mass is 32.2. The van der Waals surface area contributed by atoms with Crippen molar-refractivity contribution in [3.63, 3.8) is 0 Å². The molecule has 0 spiro atoms. The summed E-state index contributed by atoms with van der Waals surface area (Å²) in [5.74, 6) is -2.60. The Morgan fingerprint density at radius 3 is 2.31 bits per heavy atom. The fourth-order valence-corrected chi connectivity index (χ4v) is 5.00. The van der Waals surface area contributed by atoms with Crippen LogP contribution in [0, 0.1) is 0 Å². The maximum atomic E-state index is 13.0. The maximum absolute atomic E-state index is 13.0. The van der Waals surface area contributed by atoms with Crippen molar-refractivity contribution in [1.29, 1.82) is 0 Å². The van der Waals surface area contributed by atoms with E-state index >= 15 is 0 Å². The first-order chi connectivity index (χ1) is 20.1. The number of nitrogens with zero attached hydrogens (tertiary/aromatic N) is 1. The second-order valence-electron chi connectivity index (χ2n) is 10.00. The number of nitrogens with one attached hydrogen (secondary N) is 4. The van der Waals surface area contributed by atoms with Crippen molar-refractivity contribution < 1.29 is 34.2 Å². The number of phenols is 1. The summed E-state index contributed by atoms with van der Waals surface area (Å²) in [6.45, 7) is 1.05. The Kier molecular flexibility index (Phi) is 12.2. The number of hydrogen-bond donors (Lipinski definition) is 6. The molecule has 1 aliphatic heterocycles. The lowest BCUT2D eigenvalue weighted by Gasteiger charge is -2.22. The van der Waals surface area contributed by atoms with Gasteiger partial charge < -0.3 is 31.1 Å². The summed E-state index contributed by atoms with van der Waals surface area (Å²) in [6.07, 6.45) is 2.15. The number of carbonyl (C=O) groups is 5. The lowest BCUT2D eigenvalue weighted by Crippen LogP contribution is -2.54. The minimum absolute atomic E-state index is 0.120. The van der Waals surface area contributed by atoms with Crippen LogP contribution < -0.4 is 21.3 Å². The number of carboxylic acids is 1. The first kappa shape index (κ1) is 32.4. The second kappa shape index (κ2) is 15.8. The highest BCUT2D eigenvalue weighted by Crippen LogP contribution is 2.17. The van der Waals surface area contributed by atoms with Gasteiger partial charge in [-0.3, -0.25) is 24.5 Å². The number of benzene rings is 2. The Labute approximate surface area is 248 Å². The minimum Gasteiger partial charge on any atom is -0.508 e. The van der Waals surface area contributed by atoms with Crippen LogP contribution in [0.15, 0.2) is 54.6 Å². The van der Waals surface area contributed by atoms with Crippen molar-refractivity contribution in [3.8, 4) is 5.75 Å². The summed E-state index contributed by atoms with van der Waals surface area (Å²) in [5.41, 5.74) is 1.61. The van der Waals surface area contributed by atoms with Crippen LogP contribution >= 0.6 is 11.8 Å². The van der Waals surface area contributed by atoms with Gasteiger partial charge in [-0.2, -0.15) is 11.8 Å². The summed E-state index contributed by atoms with van der Waals surface area (Å²) >= 11 is 1.46. The first-order valence-electron chi connectivity index (χ1n) is 13.5. The van der Waals surface area contributed by atoms with E-state index < -0.39 is 54.5 Å². The van der Waals surface area contributed by atoms with Gasteiger partial charge in [-0.25, -0.2) is 4.79 Å². The smallest absolute Gasteiger partial charge is 0.326 e. The SMILES string of the molecule is CSCC[C@H](NC(=O)[C@H](Cc1ccccc1)NC(=O)CNC(=O)CN1C(=O)C(Cc2ccc(O)cc2)NC1C)C(=O)O. The topological polar surface area (TPSA) is 177 Å². The molecular weight excluding hydrogens is 562 g/mol. The third-order valence-corrected chi connectivity index (χ3v) is 7.43.